The smallest absolute Gasteiger partial charge is 0.269 e. The van der Waals surface area contributed by atoms with E-state index >= 15 is 0 Å². The molecule has 1 heterocycles. The molecule has 0 bridgehead atoms. The Hall–Kier alpha value is -1.32. The van der Waals surface area contributed by atoms with Gasteiger partial charge in [-0.2, -0.15) is 0 Å². The van der Waals surface area contributed by atoms with Crippen LogP contribution in [0.1, 0.15) is 19.8 Å². The molecule has 2 amide bonds. The molecule has 9 heteroatoms. The minimum absolute atomic E-state index is 0.00116. The molecule has 4 atom stereocenters. The Labute approximate surface area is 182 Å². The lowest BCUT2D eigenvalue weighted by Gasteiger charge is -2.37. The molecule has 4 unspecified atom stereocenters. The van der Waals surface area contributed by atoms with Crippen LogP contribution in [0.25, 0.3) is 0 Å². The third kappa shape index (κ3) is 4.31. The highest BCUT2D eigenvalue weighted by Gasteiger charge is 2.40. The zero-order valence-electron chi connectivity index (χ0n) is 15.1. The summed E-state index contributed by atoms with van der Waals surface area (Å²) in [6.07, 6.45) is 1.81. The Kier molecular flexibility index (Phi) is 6.88. The summed E-state index contributed by atoms with van der Waals surface area (Å²) in [6, 6.07) is 6.57. The number of ether oxygens (including phenoxy) is 1. The third-order valence-corrected chi connectivity index (χ3v) is 6.45. The molecule has 28 heavy (non-hydrogen) atoms. The number of nitrogens with zero attached hydrogens (tertiary/aromatic N) is 1. The number of amides is 2. The number of hydrogen-bond acceptors (Lipinski definition) is 5. The quantitative estimate of drug-likeness (QED) is 0.295. The van der Waals surface area contributed by atoms with Crippen molar-refractivity contribution >= 4 is 62.4 Å². The Balaban J connectivity index is 1.92. The summed E-state index contributed by atoms with van der Waals surface area (Å²) in [5.74, 6) is -1.57. The summed E-state index contributed by atoms with van der Waals surface area (Å²) in [6.45, 7) is 2.35. The number of hydrogen-bond donors (Lipinski definition) is 2. The van der Waals surface area contributed by atoms with Gasteiger partial charge in [0, 0.05) is 22.4 Å². The van der Waals surface area contributed by atoms with Crippen molar-refractivity contribution in [2.24, 2.45) is 5.92 Å². The van der Waals surface area contributed by atoms with Crippen LogP contribution in [0.4, 0.5) is 5.69 Å². The van der Waals surface area contributed by atoms with Crippen LogP contribution in [0.15, 0.2) is 35.9 Å². The number of rotatable bonds is 4. The monoisotopic (exact) mass is 486 g/mol. The predicted molar refractivity (Wildman–Crippen MR) is 115 cm³/mol. The first kappa shape index (κ1) is 21.4. The Bertz CT molecular complexity index is 817. The normalized spacial score (nSPS) is 29.9. The third-order valence-electron chi connectivity index (χ3n) is 4.85. The van der Waals surface area contributed by atoms with Crippen molar-refractivity contribution in [2.45, 2.75) is 36.8 Å². The van der Waals surface area contributed by atoms with Gasteiger partial charge in [0.05, 0.1) is 17.9 Å². The van der Waals surface area contributed by atoms with Gasteiger partial charge in [-0.05, 0) is 56.2 Å². The van der Waals surface area contributed by atoms with E-state index in [2.05, 4.69) is 21.2 Å². The zero-order chi connectivity index (χ0) is 20.4. The second-order valence-corrected chi connectivity index (χ2v) is 8.61. The number of carbonyl (C=O) groups is 2. The topological polar surface area (TPSA) is 78.9 Å². The fourth-order valence-electron chi connectivity index (χ4n) is 3.44. The van der Waals surface area contributed by atoms with Gasteiger partial charge in [-0.25, -0.2) is 0 Å². The maximum atomic E-state index is 13.1. The summed E-state index contributed by atoms with van der Waals surface area (Å²) in [5.41, 5.74) is 0.436. The van der Waals surface area contributed by atoms with Crippen LogP contribution >= 0.6 is 39.7 Å². The molecule has 2 N–H and O–H groups in total. The van der Waals surface area contributed by atoms with Crippen LogP contribution in [0.2, 0.25) is 5.02 Å². The number of nitrogens with one attached hydrogen (secondary N) is 1. The number of aliphatic hydroxyl groups excluding tert-OH is 1. The molecule has 0 aromatic heterocycles. The molecule has 1 aliphatic heterocycles. The van der Waals surface area contributed by atoms with E-state index in [9.17, 15) is 14.7 Å². The molecule has 1 saturated heterocycles. The number of anilines is 1. The molecule has 3 rings (SSSR count). The molecular weight excluding hydrogens is 468 g/mol. The highest BCUT2D eigenvalue weighted by molar-refractivity contribution is 9.09. The van der Waals surface area contributed by atoms with E-state index in [4.69, 9.17) is 28.6 Å². The highest BCUT2D eigenvalue weighted by atomic mass is 79.9. The molecule has 2 fully saturated rings. The Morgan fingerprint density at radius 1 is 1.36 bits per heavy atom. The SMILES string of the molecule is CCOC1CCC(Br)C(/C=C2\C(=O)NC(=S)N(c3ccc(Cl)cc3)C2=O)C1O. The Morgan fingerprint density at radius 3 is 2.68 bits per heavy atom. The second kappa shape index (κ2) is 9.00. The van der Waals surface area contributed by atoms with Gasteiger partial charge >= 0.3 is 0 Å². The van der Waals surface area contributed by atoms with E-state index < -0.39 is 23.8 Å². The summed E-state index contributed by atoms with van der Waals surface area (Å²) in [5, 5.41) is 13.8. The summed E-state index contributed by atoms with van der Waals surface area (Å²) in [7, 11) is 0. The van der Waals surface area contributed by atoms with E-state index in [1.165, 1.54) is 11.0 Å². The number of thiocarbonyl (C=S) groups is 1. The fourth-order valence-corrected chi connectivity index (χ4v) is 4.58. The van der Waals surface area contributed by atoms with Crippen molar-refractivity contribution < 1.29 is 19.4 Å². The molecule has 2 aliphatic rings. The van der Waals surface area contributed by atoms with E-state index in [-0.39, 0.29) is 21.6 Å². The molecule has 1 aromatic carbocycles. The summed E-state index contributed by atoms with van der Waals surface area (Å²) < 4.78 is 5.61. The molecular formula is C19H20BrClN2O4S. The maximum absolute atomic E-state index is 13.1. The van der Waals surface area contributed by atoms with Crippen molar-refractivity contribution in [3.63, 3.8) is 0 Å². The van der Waals surface area contributed by atoms with E-state index in [0.29, 0.717) is 23.7 Å². The summed E-state index contributed by atoms with van der Waals surface area (Å²) >= 11 is 14.7. The highest BCUT2D eigenvalue weighted by Crippen LogP contribution is 2.34. The standard InChI is InChI=1S/C19H20BrClN2O4S/c1-2-27-15-8-7-14(20)12(16(15)24)9-13-17(25)22-19(28)23(18(13)26)11-5-3-10(21)4-6-11/h3-6,9,12,14-16,24H,2,7-8H2,1H3,(H,22,25,28)/b13-9+. The van der Waals surface area contributed by atoms with Crippen LogP contribution in [-0.4, -0.2) is 45.7 Å². The molecule has 6 nitrogen and oxygen atoms in total. The van der Waals surface area contributed by atoms with Crippen LogP contribution < -0.4 is 10.2 Å². The first-order valence-electron chi connectivity index (χ1n) is 8.94. The molecule has 150 valence electrons. The molecule has 1 aromatic rings. The van der Waals surface area contributed by atoms with Gasteiger partial charge in [-0.3, -0.25) is 19.8 Å². The van der Waals surface area contributed by atoms with Crippen molar-refractivity contribution in [1.29, 1.82) is 0 Å². The molecule has 1 saturated carbocycles. The average molecular weight is 488 g/mol. The van der Waals surface area contributed by atoms with Crippen LogP contribution in [0, 0.1) is 5.92 Å². The van der Waals surface area contributed by atoms with Gasteiger partial charge in [-0.1, -0.05) is 33.6 Å². The van der Waals surface area contributed by atoms with Crippen molar-refractivity contribution in [3.05, 3.63) is 40.9 Å². The lowest BCUT2D eigenvalue weighted by atomic mass is 9.82. The van der Waals surface area contributed by atoms with Gasteiger partial charge in [0.15, 0.2) is 5.11 Å². The second-order valence-electron chi connectivity index (χ2n) is 6.61. The molecule has 1 aliphatic carbocycles. The van der Waals surface area contributed by atoms with Gasteiger partial charge in [0.25, 0.3) is 11.8 Å². The first-order valence-corrected chi connectivity index (χ1v) is 10.6. The summed E-state index contributed by atoms with van der Waals surface area (Å²) in [4.78, 5) is 26.7. The zero-order valence-corrected chi connectivity index (χ0v) is 18.3. The lowest BCUT2D eigenvalue weighted by Crippen LogP contribution is -2.55. The van der Waals surface area contributed by atoms with Crippen molar-refractivity contribution in [1.82, 2.24) is 5.32 Å². The molecule has 0 radical (unpaired) electrons. The average Bonchev–Trinajstić information content (AvgIpc) is 2.65. The van der Waals surface area contributed by atoms with Gasteiger partial charge < -0.3 is 9.84 Å². The van der Waals surface area contributed by atoms with Gasteiger partial charge in [0.2, 0.25) is 0 Å². The van der Waals surface area contributed by atoms with Crippen LogP contribution in [0.3, 0.4) is 0 Å². The molecule has 0 spiro atoms. The predicted octanol–water partition coefficient (Wildman–Crippen LogP) is 2.95. The first-order chi connectivity index (χ1) is 13.3. The minimum Gasteiger partial charge on any atom is -0.390 e. The number of halogens is 2. The Morgan fingerprint density at radius 2 is 2.04 bits per heavy atom. The van der Waals surface area contributed by atoms with Gasteiger partial charge in [0.1, 0.15) is 5.57 Å². The number of aliphatic hydroxyl groups is 1. The van der Waals surface area contributed by atoms with E-state index in [1.54, 1.807) is 24.3 Å². The number of carbonyl (C=O) groups excluding carboxylic acids is 2. The van der Waals surface area contributed by atoms with Crippen LogP contribution in [0.5, 0.6) is 0 Å². The fraction of sp³-hybridized carbons (Fsp3) is 0.421. The minimum atomic E-state index is -0.830. The van der Waals surface area contributed by atoms with E-state index in [0.717, 1.165) is 6.42 Å². The van der Waals surface area contributed by atoms with Crippen LogP contribution in [-0.2, 0) is 14.3 Å². The van der Waals surface area contributed by atoms with Gasteiger partial charge in [-0.15, -0.1) is 0 Å². The van der Waals surface area contributed by atoms with Crippen molar-refractivity contribution in [3.8, 4) is 0 Å². The largest absolute Gasteiger partial charge is 0.390 e. The number of benzene rings is 1. The van der Waals surface area contributed by atoms with Crippen molar-refractivity contribution in [2.75, 3.05) is 11.5 Å². The maximum Gasteiger partial charge on any atom is 0.269 e. The number of alkyl halides is 1. The van der Waals surface area contributed by atoms with E-state index in [1.807, 2.05) is 6.92 Å². The lowest BCUT2D eigenvalue weighted by molar-refractivity contribution is -0.122.